The molecule has 0 rings (SSSR count). The van der Waals surface area contributed by atoms with Crippen LogP contribution in [0.2, 0.25) is 0 Å². The van der Waals surface area contributed by atoms with E-state index >= 15 is 0 Å². The molecule has 0 heterocycles. The summed E-state index contributed by atoms with van der Waals surface area (Å²) in [4.78, 5) is 6.25. The van der Waals surface area contributed by atoms with Gasteiger partial charge in [0.1, 0.15) is 0 Å². The van der Waals surface area contributed by atoms with Gasteiger partial charge < -0.3 is 0 Å². The van der Waals surface area contributed by atoms with Crippen LogP contribution in [0.3, 0.4) is 0 Å². The van der Waals surface area contributed by atoms with Crippen LogP contribution in [0, 0.1) is 61.4 Å². The van der Waals surface area contributed by atoms with Crippen molar-refractivity contribution in [3.8, 4) is 29.8 Å². The Morgan fingerprint density at radius 2 is 0.600 bits per heavy atom. The molecule has 0 aromatic rings. The van der Waals surface area contributed by atoms with Gasteiger partial charge in [-0.25, -0.2) is 0 Å². The van der Waals surface area contributed by atoms with Crippen LogP contribution in [-0.4, -0.2) is 0 Å². The molecule has 0 N–H and O–H groups in total. The van der Waals surface area contributed by atoms with Crippen molar-refractivity contribution in [2.45, 2.75) is 0 Å². The zero-order valence-electron chi connectivity index (χ0n) is 6.82. The Labute approximate surface area is 106 Å². The fraction of sp³-hybridized carbons (Fsp3) is 0. The molecule has 0 atom stereocenters. The third-order valence-electron chi connectivity index (χ3n) is 1.27. The van der Waals surface area contributed by atoms with Crippen molar-refractivity contribution in [1.82, 2.24) is 0 Å². The average Bonchev–Trinajstić information content (AvgIpc) is 2.26. The molecule has 0 aromatic carbocycles. The largest absolute Gasteiger partial charge is 2.00 e. The third kappa shape index (κ3) is 1.70. The Kier molecular flexibility index (Phi) is 5.54. The Bertz CT molecular complexity index is 393. The van der Waals surface area contributed by atoms with E-state index in [-0.39, 0.29) is 34.1 Å². The van der Waals surface area contributed by atoms with Gasteiger partial charge >= 0.3 is 106 Å². The normalized spacial score (nSPS) is 11.6. The molecule has 75 valence electrons. The molecule has 0 aliphatic heterocycles. The van der Waals surface area contributed by atoms with Crippen LogP contribution >= 0.6 is 0 Å². The van der Waals surface area contributed by atoms with Crippen LogP contribution in [-0.2, 0) is 44.9 Å². The van der Waals surface area contributed by atoms with Crippen LogP contribution in [0.1, 0.15) is 0 Å². The topological polar surface area (TPSA) is 143 Å². The zero-order chi connectivity index (χ0) is 10.7. The van der Waals surface area contributed by atoms with Crippen molar-refractivity contribution in [2.24, 2.45) is 0 Å². The summed E-state index contributed by atoms with van der Waals surface area (Å²) in [6, 6.07) is 0. The molecule has 0 aliphatic rings. The van der Waals surface area contributed by atoms with Crippen molar-refractivity contribution < 1.29 is 44.9 Å². The predicted molar refractivity (Wildman–Crippen MR) is 33.7 cm³/mol. The summed E-state index contributed by atoms with van der Waals surface area (Å²) in [5, 5.41) is 51.5. The van der Waals surface area contributed by atoms with Gasteiger partial charge in [-0.15, -0.1) is 0 Å². The Morgan fingerprint density at radius 3 is 0.600 bits per heavy atom. The molecule has 0 spiro atoms. The van der Waals surface area contributed by atoms with Crippen molar-refractivity contribution in [2.75, 3.05) is 0 Å². The van der Waals surface area contributed by atoms with E-state index in [1.807, 2.05) is 0 Å². The number of nitriles is 6. The van der Waals surface area contributed by atoms with E-state index in [0.717, 1.165) is 29.8 Å². The Balaban J connectivity index is -0.000000720. The molecule has 9 heteroatoms. The third-order valence-corrected chi connectivity index (χ3v) is 5.23. The second kappa shape index (κ2) is 4.35. The van der Waals surface area contributed by atoms with Crippen molar-refractivity contribution in [3.63, 3.8) is 0 Å². The van der Waals surface area contributed by atoms with Crippen LogP contribution in [0.15, 0.2) is 0 Å². The van der Waals surface area contributed by atoms with Gasteiger partial charge in [0.15, 0.2) is 0 Å². The van der Waals surface area contributed by atoms with Crippen LogP contribution < -0.4 is 0 Å². The summed E-state index contributed by atoms with van der Waals surface area (Å²) in [6.07, 6.45) is 0. The van der Waals surface area contributed by atoms with E-state index in [1.54, 1.807) is 0 Å². The first-order valence-electron chi connectivity index (χ1n) is 2.48. The fourth-order valence-electron chi connectivity index (χ4n) is 0.283. The first-order valence-corrected chi connectivity index (χ1v) is 6.02. The van der Waals surface area contributed by atoms with Crippen molar-refractivity contribution in [3.05, 3.63) is 0 Å². The van der Waals surface area contributed by atoms with Gasteiger partial charge in [0, 0.05) is 0 Å². The van der Waals surface area contributed by atoms with Gasteiger partial charge in [0.25, 0.3) is 0 Å². The number of nitrogens with zero attached hydrogens (tertiary/aromatic N) is 6. The van der Waals surface area contributed by atoms with E-state index in [4.69, 9.17) is 31.6 Å². The van der Waals surface area contributed by atoms with E-state index < -0.39 is 10.7 Å². The maximum atomic E-state index is 8.58. The minimum atomic E-state index is -6.30. The standard InChI is InChI=1S/6CN.3Mn/c6*1-2;;;/q;;;;;;-4;2*+2. The van der Waals surface area contributed by atoms with Crippen LogP contribution in [0.25, 0.3) is 0 Å². The first kappa shape index (κ1) is 19.1. The minimum Gasteiger partial charge on any atom is 2.00 e. The summed E-state index contributed by atoms with van der Waals surface area (Å²) in [5.74, 6) is 0. The number of rotatable bonds is 0. The SMILES string of the molecule is N#[C][Mn-4]([C]#N)([C]#N)([C]#N)([C]#N)[C]#N.[Mn+2].[Mn+2]. The number of hydrogen-bond donors (Lipinski definition) is 0. The van der Waals surface area contributed by atoms with Crippen LogP contribution in [0.5, 0.6) is 0 Å². The van der Waals surface area contributed by atoms with E-state index in [9.17, 15) is 0 Å². The molecule has 0 amide bonds. The summed E-state index contributed by atoms with van der Waals surface area (Å²) < 4.78 is 0. The molecule has 15 heavy (non-hydrogen) atoms. The Morgan fingerprint density at radius 1 is 0.467 bits per heavy atom. The second-order valence-electron chi connectivity index (χ2n) is 1.92. The van der Waals surface area contributed by atoms with Gasteiger partial charge in [0.05, 0.1) is 0 Å². The molecule has 0 saturated heterocycles. The molecule has 0 unspecified atom stereocenters. The maximum Gasteiger partial charge on any atom is 2.00 e. The van der Waals surface area contributed by atoms with Gasteiger partial charge in [-0.3, -0.25) is 0 Å². The molecule has 2 radical (unpaired) electrons. The molecule has 0 saturated carbocycles. The van der Waals surface area contributed by atoms with Gasteiger partial charge in [-0.2, -0.15) is 0 Å². The van der Waals surface area contributed by atoms with Crippen molar-refractivity contribution in [1.29, 1.82) is 31.6 Å². The summed E-state index contributed by atoms with van der Waals surface area (Å²) in [7, 11) is -6.30. The summed E-state index contributed by atoms with van der Waals surface area (Å²) in [5.41, 5.74) is 0. The van der Waals surface area contributed by atoms with E-state index in [1.165, 1.54) is 0 Å². The second-order valence-corrected chi connectivity index (χ2v) is 7.93. The zero-order valence-corrected chi connectivity index (χ0v) is 10.4. The summed E-state index contributed by atoms with van der Waals surface area (Å²) >= 11 is 0. The quantitative estimate of drug-likeness (QED) is 0.579. The molecule has 0 fully saturated rings. The van der Waals surface area contributed by atoms with Gasteiger partial charge in [0.2, 0.25) is 0 Å². The average molecular weight is 321 g/mol. The minimum absolute atomic E-state index is 0. The molecule has 0 aromatic heterocycles. The van der Waals surface area contributed by atoms with Crippen molar-refractivity contribution >= 4 is 0 Å². The monoisotopic (exact) mass is 321 g/mol. The maximum absolute atomic E-state index is 8.58. The molecule has 0 aliphatic carbocycles. The fourth-order valence-corrected chi connectivity index (χ4v) is 1.17. The number of hydrogen-bond acceptors (Lipinski definition) is 6. The first-order chi connectivity index (χ1) is 5.97. The molecule has 6 nitrogen and oxygen atoms in total. The smallest absolute Gasteiger partial charge is 2.00 e. The molecular formula is C6Mn3N6. The van der Waals surface area contributed by atoms with E-state index in [2.05, 4.69) is 0 Å². The predicted octanol–water partition coefficient (Wildman–Crippen LogP) is 0.0932. The Hall–Kier alpha value is -1.50. The molecule has 0 bridgehead atoms. The van der Waals surface area contributed by atoms with E-state index in [0.29, 0.717) is 0 Å². The van der Waals surface area contributed by atoms with Gasteiger partial charge in [-0.05, 0) is 0 Å². The van der Waals surface area contributed by atoms with Gasteiger partial charge in [-0.1, -0.05) is 0 Å². The summed E-state index contributed by atoms with van der Waals surface area (Å²) in [6.45, 7) is 0. The van der Waals surface area contributed by atoms with Crippen LogP contribution in [0.4, 0.5) is 0 Å². The molecular weight excluding hydrogens is 321 g/mol.